The zero-order valence-corrected chi connectivity index (χ0v) is 12.5. The van der Waals surface area contributed by atoms with E-state index in [1.54, 1.807) is 16.6 Å². The monoisotopic (exact) mass is 292 g/mol. The first-order valence-electron chi connectivity index (χ1n) is 6.72. The van der Waals surface area contributed by atoms with Crippen LogP contribution in [-0.2, 0) is 12.8 Å². The van der Waals surface area contributed by atoms with Gasteiger partial charge in [-0.15, -0.1) is 11.3 Å². The minimum atomic E-state index is 0.314. The van der Waals surface area contributed by atoms with E-state index in [4.69, 9.17) is 11.6 Å². The Morgan fingerprint density at radius 1 is 1.32 bits per heavy atom. The molecule has 1 N–H and O–H groups in total. The quantitative estimate of drug-likeness (QED) is 0.818. The maximum absolute atomic E-state index is 5.91. The van der Waals surface area contributed by atoms with Crippen molar-refractivity contribution in [2.45, 2.75) is 38.6 Å². The highest BCUT2D eigenvalue weighted by molar-refractivity contribution is 7.12. The zero-order chi connectivity index (χ0) is 13.2. The van der Waals surface area contributed by atoms with Gasteiger partial charge in [0.15, 0.2) is 0 Å². The lowest BCUT2D eigenvalue weighted by molar-refractivity contribution is 0.696. The van der Waals surface area contributed by atoms with Crippen LogP contribution in [0.5, 0.6) is 0 Å². The molecule has 0 saturated carbocycles. The Morgan fingerprint density at radius 3 is 2.95 bits per heavy atom. The van der Waals surface area contributed by atoms with Crippen molar-refractivity contribution < 1.29 is 0 Å². The number of nitrogens with one attached hydrogen (secondary N) is 1. The van der Waals surface area contributed by atoms with E-state index >= 15 is 0 Å². The van der Waals surface area contributed by atoms with Crippen LogP contribution < -0.4 is 5.32 Å². The highest BCUT2D eigenvalue weighted by atomic mass is 35.5. The number of anilines is 1. The van der Waals surface area contributed by atoms with E-state index in [2.05, 4.69) is 23.3 Å². The molecule has 19 heavy (non-hydrogen) atoms. The van der Waals surface area contributed by atoms with Gasteiger partial charge in [0, 0.05) is 21.6 Å². The van der Waals surface area contributed by atoms with Crippen LogP contribution in [0.3, 0.4) is 0 Å². The molecule has 1 aliphatic rings. The van der Waals surface area contributed by atoms with E-state index in [0.717, 1.165) is 5.69 Å². The summed E-state index contributed by atoms with van der Waals surface area (Å²) in [5.41, 5.74) is 2.59. The first-order valence-corrected chi connectivity index (χ1v) is 7.91. The number of nitrogens with zero attached hydrogens (tertiary/aromatic N) is 1. The predicted molar refractivity (Wildman–Crippen MR) is 82.2 cm³/mol. The summed E-state index contributed by atoms with van der Waals surface area (Å²) < 4.78 is 0. The molecule has 100 valence electrons. The van der Waals surface area contributed by atoms with Crippen LogP contribution in [0.4, 0.5) is 5.69 Å². The second-order valence-corrected chi connectivity index (χ2v) is 6.59. The summed E-state index contributed by atoms with van der Waals surface area (Å²) in [6.07, 6.45) is 6.92. The fourth-order valence-corrected chi connectivity index (χ4v) is 3.97. The number of aryl methyl sites for hydroxylation is 2. The van der Waals surface area contributed by atoms with Gasteiger partial charge in [-0.2, -0.15) is 0 Å². The Labute approximate surface area is 122 Å². The lowest BCUT2D eigenvalue weighted by Crippen LogP contribution is -2.04. The van der Waals surface area contributed by atoms with E-state index in [0.29, 0.717) is 11.2 Å². The molecular formula is C15H17ClN2S. The van der Waals surface area contributed by atoms with Crippen molar-refractivity contribution in [2.24, 2.45) is 0 Å². The Balaban J connectivity index is 1.76. The molecule has 0 saturated heterocycles. The summed E-state index contributed by atoms with van der Waals surface area (Å²) in [6, 6.07) is 6.51. The smallest absolute Gasteiger partial charge is 0.131 e. The topological polar surface area (TPSA) is 24.9 Å². The number of aromatic nitrogens is 1. The number of fused-ring (bicyclic) bond motifs is 1. The van der Waals surface area contributed by atoms with Crippen molar-refractivity contribution in [1.82, 2.24) is 4.98 Å². The zero-order valence-electron chi connectivity index (χ0n) is 10.9. The van der Waals surface area contributed by atoms with Crippen LogP contribution in [0, 0.1) is 0 Å². The van der Waals surface area contributed by atoms with Gasteiger partial charge in [-0.1, -0.05) is 11.6 Å². The average molecular weight is 293 g/mol. The van der Waals surface area contributed by atoms with Crippen LogP contribution in [0.1, 0.15) is 41.1 Å². The molecular weight excluding hydrogens is 276 g/mol. The van der Waals surface area contributed by atoms with Gasteiger partial charge in [0.25, 0.3) is 0 Å². The Hall–Kier alpha value is -1.06. The average Bonchev–Trinajstić information content (AvgIpc) is 2.82. The van der Waals surface area contributed by atoms with E-state index in [-0.39, 0.29) is 0 Å². The molecule has 0 spiro atoms. The predicted octanol–water partition coefficient (Wildman–Crippen LogP) is 4.85. The van der Waals surface area contributed by atoms with Gasteiger partial charge >= 0.3 is 0 Å². The van der Waals surface area contributed by atoms with Crippen LogP contribution in [-0.4, -0.2) is 4.98 Å². The molecule has 0 aromatic carbocycles. The number of rotatable bonds is 3. The summed E-state index contributed by atoms with van der Waals surface area (Å²) in [5, 5.41) is 4.02. The van der Waals surface area contributed by atoms with Crippen molar-refractivity contribution in [3.05, 3.63) is 44.9 Å². The highest BCUT2D eigenvalue weighted by Gasteiger charge is 2.16. The largest absolute Gasteiger partial charge is 0.378 e. The second-order valence-electron chi connectivity index (χ2n) is 5.04. The lowest BCUT2D eigenvalue weighted by atomic mass is 9.99. The lowest BCUT2D eigenvalue weighted by Gasteiger charge is -2.13. The van der Waals surface area contributed by atoms with Gasteiger partial charge in [-0.25, -0.2) is 4.98 Å². The van der Waals surface area contributed by atoms with Crippen LogP contribution in [0.25, 0.3) is 0 Å². The minimum Gasteiger partial charge on any atom is -0.378 e. The maximum atomic E-state index is 5.91. The van der Waals surface area contributed by atoms with E-state index in [1.165, 1.54) is 30.6 Å². The van der Waals surface area contributed by atoms with Gasteiger partial charge < -0.3 is 5.32 Å². The SMILES string of the molecule is CC(Nc1ccnc(Cl)c1)c1cc2c(s1)CCCC2. The molecule has 2 aromatic heterocycles. The second kappa shape index (κ2) is 5.51. The molecule has 2 nitrogen and oxygen atoms in total. The summed E-state index contributed by atoms with van der Waals surface area (Å²) in [7, 11) is 0. The summed E-state index contributed by atoms with van der Waals surface area (Å²) in [4.78, 5) is 7.00. The molecule has 2 heterocycles. The van der Waals surface area contributed by atoms with Crippen molar-refractivity contribution in [3.63, 3.8) is 0 Å². The van der Waals surface area contributed by atoms with Crippen LogP contribution in [0.15, 0.2) is 24.4 Å². The first kappa shape index (κ1) is 12.9. The van der Waals surface area contributed by atoms with E-state index in [9.17, 15) is 0 Å². The standard InChI is InChI=1S/C15H17ClN2S/c1-10(18-12-6-7-17-15(16)9-12)14-8-11-4-2-3-5-13(11)19-14/h6-10H,2-5H2,1H3,(H,17,18). The molecule has 1 unspecified atom stereocenters. The van der Waals surface area contributed by atoms with Crippen LogP contribution >= 0.6 is 22.9 Å². The molecule has 0 radical (unpaired) electrons. The summed E-state index contributed by atoms with van der Waals surface area (Å²) in [5.74, 6) is 0. The third-order valence-corrected chi connectivity index (χ3v) is 5.18. The number of pyridine rings is 1. The van der Waals surface area contributed by atoms with Crippen molar-refractivity contribution in [2.75, 3.05) is 5.32 Å². The van der Waals surface area contributed by atoms with Gasteiger partial charge in [0.1, 0.15) is 5.15 Å². The molecule has 0 fully saturated rings. The third-order valence-electron chi connectivity index (χ3n) is 3.55. The summed E-state index contributed by atoms with van der Waals surface area (Å²) in [6.45, 7) is 2.20. The van der Waals surface area contributed by atoms with Gasteiger partial charge in [-0.05, 0) is 56.4 Å². The molecule has 0 bridgehead atoms. The number of hydrogen-bond acceptors (Lipinski definition) is 3. The normalized spacial score (nSPS) is 15.9. The Bertz CT molecular complexity index is 556. The molecule has 1 atom stereocenters. The van der Waals surface area contributed by atoms with Gasteiger partial charge in [-0.3, -0.25) is 0 Å². The highest BCUT2D eigenvalue weighted by Crippen LogP contribution is 2.34. The van der Waals surface area contributed by atoms with Gasteiger partial charge in [0.2, 0.25) is 0 Å². The molecule has 3 rings (SSSR count). The number of hydrogen-bond donors (Lipinski definition) is 1. The maximum Gasteiger partial charge on any atom is 0.131 e. The Kier molecular flexibility index (Phi) is 3.76. The molecule has 0 aliphatic heterocycles. The molecule has 1 aliphatic carbocycles. The molecule has 2 aromatic rings. The van der Waals surface area contributed by atoms with E-state index < -0.39 is 0 Å². The molecule has 0 amide bonds. The first-order chi connectivity index (χ1) is 9.22. The van der Waals surface area contributed by atoms with Crippen molar-refractivity contribution >= 4 is 28.6 Å². The summed E-state index contributed by atoms with van der Waals surface area (Å²) >= 11 is 7.86. The van der Waals surface area contributed by atoms with E-state index in [1.807, 2.05) is 23.5 Å². The van der Waals surface area contributed by atoms with Crippen LogP contribution in [0.2, 0.25) is 5.15 Å². The van der Waals surface area contributed by atoms with Crippen molar-refractivity contribution in [1.29, 1.82) is 0 Å². The molecule has 4 heteroatoms. The number of halogens is 1. The van der Waals surface area contributed by atoms with Crippen molar-refractivity contribution in [3.8, 4) is 0 Å². The fourth-order valence-electron chi connectivity index (χ4n) is 2.54. The third kappa shape index (κ3) is 2.93. The number of thiophene rings is 1. The van der Waals surface area contributed by atoms with Gasteiger partial charge in [0.05, 0.1) is 6.04 Å². The minimum absolute atomic E-state index is 0.314. The Morgan fingerprint density at radius 2 is 2.16 bits per heavy atom. The fraction of sp³-hybridized carbons (Fsp3) is 0.400.